The summed E-state index contributed by atoms with van der Waals surface area (Å²) in [5, 5.41) is 7.37. The van der Waals surface area contributed by atoms with Gasteiger partial charge < -0.3 is 10.1 Å². The highest BCUT2D eigenvalue weighted by Crippen LogP contribution is 2.30. The number of thiazole rings is 1. The lowest BCUT2D eigenvalue weighted by atomic mass is 10.2. The first-order valence-corrected chi connectivity index (χ1v) is 10.1. The summed E-state index contributed by atoms with van der Waals surface area (Å²) in [6.45, 7) is -0.250. The van der Waals surface area contributed by atoms with Gasteiger partial charge in [0.2, 0.25) is 5.91 Å². The van der Waals surface area contributed by atoms with Gasteiger partial charge in [0.1, 0.15) is 5.75 Å². The summed E-state index contributed by atoms with van der Waals surface area (Å²) in [4.78, 5) is 28.2. The van der Waals surface area contributed by atoms with E-state index in [1.165, 1.54) is 6.07 Å². The molecule has 2 aromatic carbocycles. The predicted molar refractivity (Wildman–Crippen MR) is 109 cm³/mol. The van der Waals surface area contributed by atoms with Gasteiger partial charge in [-0.3, -0.25) is 14.9 Å². The van der Waals surface area contributed by atoms with E-state index in [0.717, 1.165) is 36.3 Å². The lowest BCUT2D eigenvalue weighted by Crippen LogP contribution is -2.20. The Hall–Kier alpha value is -3.33. The van der Waals surface area contributed by atoms with Crippen LogP contribution in [0.3, 0.4) is 0 Å². The zero-order chi connectivity index (χ0) is 21.1. The second-order valence-electron chi connectivity index (χ2n) is 6.79. The fraction of sp³-hybridized carbons (Fsp3) is 0.190. The number of halogens is 2. The van der Waals surface area contributed by atoms with Crippen molar-refractivity contribution >= 4 is 34.0 Å². The van der Waals surface area contributed by atoms with Crippen LogP contribution in [0.15, 0.2) is 47.8 Å². The molecule has 0 radical (unpaired) electrons. The zero-order valence-corrected chi connectivity index (χ0v) is 16.5. The van der Waals surface area contributed by atoms with Gasteiger partial charge >= 0.3 is 0 Å². The molecule has 1 saturated carbocycles. The van der Waals surface area contributed by atoms with Crippen molar-refractivity contribution in [3.63, 3.8) is 0 Å². The zero-order valence-electron chi connectivity index (χ0n) is 15.7. The third-order valence-corrected chi connectivity index (χ3v) is 5.14. The highest BCUT2D eigenvalue weighted by molar-refractivity contribution is 7.14. The molecular formula is C21H17F2N3O3S. The minimum atomic E-state index is -0.963. The molecule has 1 aliphatic rings. The van der Waals surface area contributed by atoms with E-state index in [4.69, 9.17) is 4.74 Å². The van der Waals surface area contributed by atoms with Crippen LogP contribution in [0.5, 0.6) is 5.75 Å². The maximum absolute atomic E-state index is 13.4. The smallest absolute Gasteiger partial charge is 0.264 e. The average molecular weight is 429 g/mol. The van der Waals surface area contributed by atoms with Gasteiger partial charge in [0.15, 0.2) is 23.4 Å². The summed E-state index contributed by atoms with van der Waals surface area (Å²) in [5.74, 6) is -1.79. The molecule has 2 N–H and O–H groups in total. The number of benzene rings is 2. The van der Waals surface area contributed by atoms with Crippen molar-refractivity contribution in [2.24, 2.45) is 5.92 Å². The molecular weight excluding hydrogens is 412 g/mol. The molecule has 1 fully saturated rings. The van der Waals surface area contributed by atoms with Gasteiger partial charge in [0.25, 0.3) is 5.91 Å². The van der Waals surface area contributed by atoms with Crippen molar-refractivity contribution < 1.29 is 23.1 Å². The van der Waals surface area contributed by atoms with Crippen LogP contribution in [0.4, 0.5) is 19.6 Å². The number of aromatic nitrogens is 1. The molecule has 3 aromatic rings. The number of hydrogen-bond acceptors (Lipinski definition) is 5. The van der Waals surface area contributed by atoms with Crippen molar-refractivity contribution in [2.45, 2.75) is 12.8 Å². The Morgan fingerprint density at radius 3 is 2.70 bits per heavy atom. The molecule has 0 bridgehead atoms. The third-order valence-electron chi connectivity index (χ3n) is 4.39. The molecule has 30 heavy (non-hydrogen) atoms. The van der Waals surface area contributed by atoms with Gasteiger partial charge in [-0.15, -0.1) is 11.3 Å². The van der Waals surface area contributed by atoms with E-state index in [1.54, 1.807) is 29.6 Å². The van der Waals surface area contributed by atoms with Gasteiger partial charge in [0, 0.05) is 28.6 Å². The first-order chi connectivity index (χ1) is 14.5. The van der Waals surface area contributed by atoms with Crippen LogP contribution in [0.2, 0.25) is 0 Å². The van der Waals surface area contributed by atoms with Crippen LogP contribution in [0.25, 0.3) is 11.3 Å². The number of carbonyl (C=O) groups excluding carboxylic acids is 2. The fourth-order valence-electron chi connectivity index (χ4n) is 2.68. The minimum absolute atomic E-state index is 0.00879. The van der Waals surface area contributed by atoms with Gasteiger partial charge in [-0.25, -0.2) is 13.8 Å². The summed E-state index contributed by atoms with van der Waals surface area (Å²) in [6, 6.07) is 10.3. The largest absolute Gasteiger partial charge is 0.484 e. The van der Waals surface area contributed by atoms with Crippen molar-refractivity contribution in [2.75, 3.05) is 17.2 Å². The Bertz CT molecular complexity index is 1100. The molecule has 0 atom stereocenters. The summed E-state index contributed by atoms with van der Waals surface area (Å²) in [7, 11) is 0. The van der Waals surface area contributed by atoms with Crippen LogP contribution in [-0.2, 0) is 9.59 Å². The SMILES string of the molecule is O=C(COc1cccc(NC(=O)C2CC2)c1)Nc1nc(-c2ccc(F)c(F)c2)cs1. The number of amides is 2. The van der Waals surface area contributed by atoms with Gasteiger partial charge in [-0.2, -0.15) is 0 Å². The number of nitrogens with zero attached hydrogens (tertiary/aromatic N) is 1. The van der Waals surface area contributed by atoms with Gasteiger partial charge in [-0.05, 0) is 43.2 Å². The molecule has 9 heteroatoms. The predicted octanol–water partition coefficient (Wildman–Crippen LogP) is 4.45. The minimum Gasteiger partial charge on any atom is -0.484 e. The van der Waals surface area contributed by atoms with Crippen LogP contribution in [0.1, 0.15) is 12.8 Å². The van der Waals surface area contributed by atoms with Crippen molar-refractivity contribution in [1.29, 1.82) is 0 Å². The topological polar surface area (TPSA) is 80.3 Å². The fourth-order valence-corrected chi connectivity index (χ4v) is 3.41. The quantitative estimate of drug-likeness (QED) is 0.581. The summed E-state index contributed by atoms with van der Waals surface area (Å²) in [5.41, 5.74) is 1.45. The maximum atomic E-state index is 13.4. The molecule has 6 nitrogen and oxygen atoms in total. The van der Waals surface area contributed by atoms with E-state index < -0.39 is 17.5 Å². The first-order valence-electron chi connectivity index (χ1n) is 9.22. The van der Waals surface area contributed by atoms with E-state index in [-0.39, 0.29) is 18.4 Å². The molecule has 2 amide bonds. The van der Waals surface area contributed by atoms with Crippen molar-refractivity contribution in [3.05, 3.63) is 59.5 Å². The second kappa shape index (κ2) is 8.58. The number of carbonyl (C=O) groups is 2. The lowest BCUT2D eigenvalue weighted by molar-refractivity contribution is -0.118. The Morgan fingerprint density at radius 2 is 1.93 bits per heavy atom. The number of nitrogens with one attached hydrogen (secondary N) is 2. The van der Waals surface area contributed by atoms with Crippen LogP contribution < -0.4 is 15.4 Å². The van der Waals surface area contributed by atoms with E-state index in [9.17, 15) is 18.4 Å². The molecule has 1 heterocycles. The molecule has 0 saturated heterocycles. The van der Waals surface area contributed by atoms with E-state index in [1.807, 2.05) is 0 Å². The number of hydrogen-bond donors (Lipinski definition) is 2. The van der Waals surface area contributed by atoms with Crippen molar-refractivity contribution in [1.82, 2.24) is 4.98 Å². The Morgan fingerprint density at radius 1 is 1.10 bits per heavy atom. The summed E-state index contributed by atoms with van der Waals surface area (Å²) in [6.07, 6.45) is 1.83. The highest BCUT2D eigenvalue weighted by Gasteiger charge is 2.29. The van der Waals surface area contributed by atoms with Gasteiger partial charge in [-0.1, -0.05) is 6.07 Å². The Kier molecular flexibility index (Phi) is 5.71. The molecule has 1 aromatic heterocycles. The number of anilines is 2. The normalized spacial score (nSPS) is 13.0. The molecule has 0 aliphatic heterocycles. The van der Waals surface area contributed by atoms with E-state index >= 15 is 0 Å². The summed E-state index contributed by atoms with van der Waals surface area (Å²) >= 11 is 1.16. The highest BCUT2D eigenvalue weighted by atomic mass is 32.1. The number of rotatable bonds is 7. The van der Waals surface area contributed by atoms with Crippen molar-refractivity contribution in [3.8, 4) is 17.0 Å². The monoisotopic (exact) mass is 429 g/mol. The number of ether oxygens (including phenoxy) is 1. The van der Waals surface area contributed by atoms with E-state index in [0.29, 0.717) is 27.8 Å². The molecule has 0 unspecified atom stereocenters. The third kappa shape index (κ3) is 4.98. The van der Waals surface area contributed by atoms with E-state index in [2.05, 4.69) is 15.6 Å². The van der Waals surface area contributed by atoms with Gasteiger partial charge in [0.05, 0.1) is 5.69 Å². The Labute approximate surface area is 174 Å². The summed E-state index contributed by atoms with van der Waals surface area (Å²) < 4.78 is 31.9. The molecule has 1 aliphatic carbocycles. The maximum Gasteiger partial charge on any atom is 0.264 e. The van der Waals surface area contributed by atoms with Crippen LogP contribution >= 0.6 is 11.3 Å². The standard InChI is InChI=1S/C21H17F2N3O3S/c22-16-7-6-13(8-17(16)23)18-11-30-21(25-18)26-19(27)10-29-15-3-1-2-14(9-15)24-20(28)12-4-5-12/h1-3,6-9,11-12H,4-5,10H2,(H,24,28)(H,25,26,27). The molecule has 4 rings (SSSR count). The molecule has 154 valence electrons. The van der Waals surface area contributed by atoms with Crippen LogP contribution in [0, 0.1) is 17.6 Å². The van der Waals surface area contributed by atoms with Crippen LogP contribution in [-0.4, -0.2) is 23.4 Å². The lowest BCUT2D eigenvalue weighted by Gasteiger charge is -2.09. The first kappa shape index (κ1) is 20.0. The Balaban J connectivity index is 1.31. The molecule has 0 spiro atoms. The average Bonchev–Trinajstić information content (AvgIpc) is 3.49. The second-order valence-corrected chi connectivity index (χ2v) is 7.65.